The number of nitrogens with zero attached hydrogens (tertiary/aromatic N) is 1. The second-order valence-electron chi connectivity index (χ2n) is 4.73. The van der Waals surface area contributed by atoms with Crippen molar-refractivity contribution < 1.29 is 9.84 Å². The van der Waals surface area contributed by atoms with Crippen LogP contribution in [0.5, 0.6) is 5.75 Å². The molecular formula is C15H20N2O2S. The van der Waals surface area contributed by atoms with Crippen molar-refractivity contribution in [3.05, 3.63) is 45.9 Å². The van der Waals surface area contributed by atoms with Gasteiger partial charge < -0.3 is 15.2 Å². The molecule has 0 fully saturated rings. The lowest BCUT2D eigenvalue weighted by atomic mass is 10.1. The maximum absolute atomic E-state index is 10.2. The molecular weight excluding hydrogens is 272 g/mol. The maximum atomic E-state index is 10.2. The average Bonchev–Trinajstić information content (AvgIpc) is 2.91. The van der Waals surface area contributed by atoms with Crippen LogP contribution in [0, 0.1) is 6.92 Å². The molecule has 2 atom stereocenters. The molecule has 2 unspecified atom stereocenters. The minimum atomic E-state index is -0.538. The van der Waals surface area contributed by atoms with Gasteiger partial charge in [0.15, 0.2) is 0 Å². The topological polar surface area (TPSA) is 54.4 Å². The number of hydrogen-bond donors (Lipinski definition) is 2. The minimum Gasteiger partial charge on any atom is -0.497 e. The molecule has 0 saturated heterocycles. The third kappa shape index (κ3) is 3.79. The first-order chi connectivity index (χ1) is 9.60. The highest BCUT2D eigenvalue weighted by molar-refractivity contribution is 7.11. The first-order valence-electron chi connectivity index (χ1n) is 6.58. The SMILES string of the molecule is COc1ccc(C(O)CNC(C)c2ncc(C)s2)cc1. The zero-order chi connectivity index (χ0) is 14.5. The Morgan fingerprint density at radius 2 is 2.05 bits per heavy atom. The summed E-state index contributed by atoms with van der Waals surface area (Å²) >= 11 is 1.68. The van der Waals surface area contributed by atoms with Crippen molar-refractivity contribution in [2.24, 2.45) is 0 Å². The van der Waals surface area contributed by atoms with Gasteiger partial charge in [-0.25, -0.2) is 4.98 Å². The zero-order valence-corrected chi connectivity index (χ0v) is 12.8. The molecule has 0 radical (unpaired) electrons. The summed E-state index contributed by atoms with van der Waals surface area (Å²) in [6.45, 7) is 4.59. The van der Waals surface area contributed by atoms with E-state index < -0.39 is 6.10 Å². The maximum Gasteiger partial charge on any atom is 0.118 e. The van der Waals surface area contributed by atoms with E-state index in [1.54, 1.807) is 18.4 Å². The van der Waals surface area contributed by atoms with Crippen LogP contribution in [0.1, 0.15) is 34.5 Å². The Balaban J connectivity index is 1.89. The zero-order valence-electron chi connectivity index (χ0n) is 12.0. The number of aryl methyl sites for hydroxylation is 1. The standard InChI is InChI=1S/C15H20N2O2S/c1-10-8-17-15(20-10)11(2)16-9-14(18)12-4-6-13(19-3)7-5-12/h4-8,11,14,16,18H,9H2,1-3H3. The summed E-state index contributed by atoms with van der Waals surface area (Å²) in [5.41, 5.74) is 0.876. The van der Waals surface area contributed by atoms with E-state index in [1.165, 1.54) is 4.88 Å². The second-order valence-corrected chi connectivity index (χ2v) is 5.99. The molecule has 4 nitrogen and oxygen atoms in total. The van der Waals surface area contributed by atoms with Crippen molar-refractivity contribution in [3.8, 4) is 5.75 Å². The average molecular weight is 292 g/mol. The van der Waals surface area contributed by atoms with E-state index in [0.717, 1.165) is 16.3 Å². The summed E-state index contributed by atoms with van der Waals surface area (Å²) in [5, 5.41) is 14.5. The molecule has 0 bridgehead atoms. The van der Waals surface area contributed by atoms with E-state index in [9.17, 15) is 5.11 Å². The molecule has 5 heteroatoms. The van der Waals surface area contributed by atoms with Crippen molar-refractivity contribution in [2.45, 2.75) is 26.0 Å². The summed E-state index contributed by atoms with van der Waals surface area (Å²) in [4.78, 5) is 5.55. The predicted molar refractivity (Wildman–Crippen MR) is 81.2 cm³/mol. The molecule has 0 spiro atoms. The molecule has 1 aromatic heterocycles. The fraction of sp³-hybridized carbons (Fsp3) is 0.400. The van der Waals surface area contributed by atoms with Crippen LogP contribution in [0.15, 0.2) is 30.5 Å². The smallest absolute Gasteiger partial charge is 0.118 e. The van der Waals surface area contributed by atoms with Gasteiger partial charge in [0.2, 0.25) is 0 Å². The van der Waals surface area contributed by atoms with Gasteiger partial charge in [-0.3, -0.25) is 0 Å². The number of hydrogen-bond acceptors (Lipinski definition) is 5. The van der Waals surface area contributed by atoms with Crippen LogP contribution in [0.4, 0.5) is 0 Å². The lowest BCUT2D eigenvalue weighted by Crippen LogP contribution is -2.24. The van der Waals surface area contributed by atoms with Gasteiger partial charge >= 0.3 is 0 Å². The van der Waals surface area contributed by atoms with E-state index in [1.807, 2.05) is 37.4 Å². The summed E-state index contributed by atoms with van der Waals surface area (Å²) in [6.07, 6.45) is 1.34. The van der Waals surface area contributed by atoms with Crippen LogP contribution in [0.2, 0.25) is 0 Å². The van der Waals surface area contributed by atoms with Crippen molar-refractivity contribution in [3.63, 3.8) is 0 Å². The van der Waals surface area contributed by atoms with Gasteiger partial charge in [-0.05, 0) is 31.5 Å². The highest BCUT2D eigenvalue weighted by Crippen LogP contribution is 2.21. The number of benzene rings is 1. The third-order valence-electron chi connectivity index (χ3n) is 3.13. The van der Waals surface area contributed by atoms with Gasteiger partial charge in [0.25, 0.3) is 0 Å². The fourth-order valence-electron chi connectivity index (χ4n) is 1.89. The second kappa shape index (κ2) is 6.83. The summed E-state index contributed by atoms with van der Waals surface area (Å²) in [7, 11) is 1.63. The number of methoxy groups -OCH3 is 1. The molecule has 1 heterocycles. The first kappa shape index (κ1) is 15.0. The van der Waals surface area contributed by atoms with Gasteiger partial charge in [-0.15, -0.1) is 11.3 Å². The highest BCUT2D eigenvalue weighted by Gasteiger charge is 2.12. The van der Waals surface area contributed by atoms with Crippen molar-refractivity contribution >= 4 is 11.3 Å². The fourth-order valence-corrected chi connectivity index (χ4v) is 2.69. The number of aliphatic hydroxyl groups is 1. The molecule has 0 aliphatic carbocycles. The minimum absolute atomic E-state index is 0.140. The number of thiazole rings is 1. The highest BCUT2D eigenvalue weighted by atomic mass is 32.1. The predicted octanol–water partition coefficient (Wildman–Crippen LogP) is 2.84. The van der Waals surface area contributed by atoms with E-state index in [-0.39, 0.29) is 6.04 Å². The van der Waals surface area contributed by atoms with E-state index in [4.69, 9.17) is 4.74 Å². The number of ether oxygens (including phenoxy) is 1. The van der Waals surface area contributed by atoms with Gasteiger partial charge in [-0.1, -0.05) is 12.1 Å². The molecule has 0 aliphatic heterocycles. The molecule has 0 aliphatic rings. The van der Waals surface area contributed by atoms with Crippen LogP contribution in [-0.2, 0) is 0 Å². The van der Waals surface area contributed by atoms with Gasteiger partial charge in [0, 0.05) is 17.6 Å². The van der Waals surface area contributed by atoms with E-state index >= 15 is 0 Å². The van der Waals surface area contributed by atoms with Crippen molar-refractivity contribution in [1.29, 1.82) is 0 Å². The quantitative estimate of drug-likeness (QED) is 0.859. The Kier molecular flexibility index (Phi) is 5.11. The van der Waals surface area contributed by atoms with Gasteiger partial charge in [0.05, 0.1) is 19.3 Å². The van der Waals surface area contributed by atoms with E-state index in [2.05, 4.69) is 17.2 Å². The van der Waals surface area contributed by atoms with Crippen molar-refractivity contribution in [2.75, 3.05) is 13.7 Å². The Bertz CT molecular complexity index is 539. The number of aliphatic hydroxyl groups excluding tert-OH is 1. The van der Waals surface area contributed by atoms with Crippen LogP contribution in [0.25, 0.3) is 0 Å². The normalized spacial score (nSPS) is 14.0. The Morgan fingerprint density at radius 1 is 1.35 bits per heavy atom. The Hall–Kier alpha value is -1.43. The van der Waals surface area contributed by atoms with Crippen LogP contribution >= 0.6 is 11.3 Å². The summed E-state index contributed by atoms with van der Waals surface area (Å²) in [5.74, 6) is 0.792. The monoisotopic (exact) mass is 292 g/mol. The molecule has 2 N–H and O–H groups in total. The van der Waals surface area contributed by atoms with Crippen molar-refractivity contribution in [1.82, 2.24) is 10.3 Å². The molecule has 108 valence electrons. The molecule has 2 rings (SSSR count). The number of rotatable bonds is 6. The number of nitrogens with one attached hydrogen (secondary N) is 1. The van der Waals surface area contributed by atoms with Gasteiger partial charge in [0.1, 0.15) is 10.8 Å². The van der Waals surface area contributed by atoms with Gasteiger partial charge in [-0.2, -0.15) is 0 Å². The summed E-state index contributed by atoms with van der Waals surface area (Å²) < 4.78 is 5.10. The van der Waals surface area contributed by atoms with Crippen LogP contribution < -0.4 is 10.1 Å². The molecule has 0 saturated carbocycles. The molecule has 0 amide bonds. The number of aromatic nitrogens is 1. The van der Waals surface area contributed by atoms with Crippen LogP contribution in [0.3, 0.4) is 0 Å². The molecule has 2 aromatic rings. The lowest BCUT2D eigenvalue weighted by Gasteiger charge is -2.16. The summed E-state index contributed by atoms with van der Waals surface area (Å²) in [6, 6.07) is 7.60. The first-order valence-corrected chi connectivity index (χ1v) is 7.39. The van der Waals surface area contributed by atoms with Crippen LogP contribution in [-0.4, -0.2) is 23.7 Å². The third-order valence-corrected chi connectivity index (χ3v) is 4.22. The largest absolute Gasteiger partial charge is 0.497 e. The Morgan fingerprint density at radius 3 is 2.60 bits per heavy atom. The van der Waals surface area contributed by atoms with E-state index in [0.29, 0.717) is 6.54 Å². The molecule has 20 heavy (non-hydrogen) atoms. The molecule has 1 aromatic carbocycles. The Labute approximate surface area is 123 Å². The lowest BCUT2D eigenvalue weighted by molar-refractivity contribution is 0.170.